The third-order valence-electron chi connectivity index (χ3n) is 6.35. The number of hydrogen-bond donors (Lipinski definition) is 1. The molecule has 1 amide bonds. The van der Waals surface area contributed by atoms with Gasteiger partial charge in [-0.2, -0.15) is 0 Å². The number of hydrogen-bond acceptors (Lipinski definition) is 8. The van der Waals surface area contributed by atoms with Crippen LogP contribution in [0, 0.1) is 5.82 Å². The molecule has 1 N–H and O–H groups in total. The number of ether oxygens (including phenoxy) is 4. The Morgan fingerprint density at radius 1 is 1.03 bits per heavy atom. The summed E-state index contributed by atoms with van der Waals surface area (Å²) in [6, 6.07) is 8.02. The number of nitrogens with zero attached hydrogens (tertiary/aromatic N) is 2. The molecule has 3 aliphatic carbocycles. The molecule has 9 nitrogen and oxygen atoms in total. The van der Waals surface area contributed by atoms with E-state index in [1.54, 1.807) is 0 Å². The predicted molar refractivity (Wildman–Crippen MR) is 115 cm³/mol. The Morgan fingerprint density at radius 2 is 1.75 bits per heavy atom. The molecule has 2 heterocycles. The van der Waals surface area contributed by atoms with Crippen molar-refractivity contribution in [3.63, 3.8) is 0 Å². The van der Waals surface area contributed by atoms with Gasteiger partial charge in [0.2, 0.25) is 5.89 Å². The Bertz CT molecular complexity index is 1350. The fraction of sp³-hybridized carbons (Fsp3) is 0.348. The molecule has 1 aromatic heterocycles. The van der Waals surface area contributed by atoms with Crippen molar-refractivity contribution in [1.82, 2.24) is 15.5 Å². The van der Waals surface area contributed by atoms with Crippen molar-refractivity contribution < 1.29 is 41.3 Å². The average Bonchev–Trinajstić information content (AvgIpc) is 3.36. The first kappa shape index (κ1) is 22.8. The molecule has 188 valence electrons. The predicted octanol–water partition coefficient (Wildman–Crippen LogP) is 4.13. The molecular formula is C23H17ClF3N3O6. The van der Waals surface area contributed by atoms with Crippen LogP contribution in [0.4, 0.5) is 13.2 Å². The monoisotopic (exact) mass is 523 g/mol. The topological polar surface area (TPSA) is 105 Å². The van der Waals surface area contributed by atoms with Gasteiger partial charge in [-0.05, 0) is 43.5 Å². The lowest BCUT2D eigenvalue weighted by molar-refractivity contribution is -0.286. The summed E-state index contributed by atoms with van der Waals surface area (Å²) >= 11 is 5.66. The highest BCUT2D eigenvalue weighted by atomic mass is 35.5. The highest BCUT2D eigenvalue weighted by molar-refractivity contribution is 6.30. The fourth-order valence-corrected chi connectivity index (χ4v) is 5.00. The summed E-state index contributed by atoms with van der Waals surface area (Å²) in [5.41, 5.74) is -0.669. The molecule has 7 rings (SSSR count). The summed E-state index contributed by atoms with van der Waals surface area (Å²) in [6.07, 6.45) is -1.82. The van der Waals surface area contributed by atoms with Crippen LogP contribution in [-0.4, -0.2) is 34.5 Å². The van der Waals surface area contributed by atoms with Gasteiger partial charge in [-0.1, -0.05) is 11.6 Å². The lowest BCUT2D eigenvalue weighted by atomic mass is 9.39. The molecule has 13 heteroatoms. The van der Waals surface area contributed by atoms with Gasteiger partial charge < -0.3 is 28.7 Å². The van der Waals surface area contributed by atoms with Gasteiger partial charge in [0, 0.05) is 17.7 Å². The van der Waals surface area contributed by atoms with E-state index >= 15 is 0 Å². The molecule has 3 saturated carbocycles. The van der Waals surface area contributed by atoms with Crippen molar-refractivity contribution in [3.8, 4) is 23.0 Å². The number of aromatic nitrogens is 2. The van der Waals surface area contributed by atoms with Crippen LogP contribution in [0.25, 0.3) is 0 Å². The lowest BCUT2D eigenvalue weighted by Gasteiger charge is -2.68. The van der Waals surface area contributed by atoms with Crippen LogP contribution in [0.15, 0.2) is 40.8 Å². The maximum absolute atomic E-state index is 13.5. The zero-order valence-corrected chi connectivity index (χ0v) is 19.1. The Labute approximate surface area is 206 Å². The fourth-order valence-electron chi connectivity index (χ4n) is 4.89. The summed E-state index contributed by atoms with van der Waals surface area (Å²) in [7, 11) is 0. The number of carbonyl (C=O) groups excluding carboxylic acids is 1. The summed E-state index contributed by atoms with van der Waals surface area (Å²) in [4.78, 5) is 12.4. The van der Waals surface area contributed by atoms with Gasteiger partial charge in [-0.15, -0.1) is 19.0 Å². The smallest absolute Gasteiger partial charge is 0.484 e. The van der Waals surface area contributed by atoms with Crippen molar-refractivity contribution >= 4 is 17.5 Å². The van der Waals surface area contributed by atoms with Crippen molar-refractivity contribution in [2.75, 3.05) is 6.61 Å². The van der Waals surface area contributed by atoms with E-state index in [0.29, 0.717) is 25.2 Å². The molecule has 0 radical (unpaired) electrons. The number of rotatable bonds is 8. The van der Waals surface area contributed by atoms with Gasteiger partial charge >= 0.3 is 6.29 Å². The van der Waals surface area contributed by atoms with Gasteiger partial charge in [0.05, 0.1) is 10.4 Å². The second kappa shape index (κ2) is 7.92. The second-order valence-electron chi connectivity index (χ2n) is 9.07. The Hall–Kier alpha value is -3.67. The Balaban J connectivity index is 0.977. The SMILES string of the molecule is O=C(COc1ccc2c(c1)OC(F)(F)O2)NC12CC(c3nnc(COc4ccc(Cl)c(F)c4)o3)(C1)C2. The highest BCUT2D eigenvalue weighted by Gasteiger charge is 2.71. The van der Waals surface area contributed by atoms with Crippen LogP contribution in [0.1, 0.15) is 31.0 Å². The third-order valence-corrected chi connectivity index (χ3v) is 6.66. The zero-order valence-electron chi connectivity index (χ0n) is 18.4. The molecule has 3 fully saturated rings. The summed E-state index contributed by atoms with van der Waals surface area (Å²) < 4.78 is 65.1. The standard InChI is InChI=1S/C23H17ClF3N3O6/c24-14-3-1-12(5-15(14)25)33-8-19-29-30-20(34-19)21-9-22(10-21,11-21)28-18(31)7-32-13-2-4-16-17(6-13)36-23(26,27)35-16/h1-6H,7-11H2,(H,28,31). The van der Waals surface area contributed by atoms with Gasteiger partial charge in [-0.3, -0.25) is 4.79 Å². The average molecular weight is 524 g/mol. The van der Waals surface area contributed by atoms with Crippen molar-refractivity contribution in [2.24, 2.45) is 0 Å². The summed E-state index contributed by atoms with van der Waals surface area (Å²) in [5, 5.41) is 11.1. The third kappa shape index (κ3) is 4.04. The summed E-state index contributed by atoms with van der Waals surface area (Å²) in [6.45, 7) is -0.320. The largest absolute Gasteiger partial charge is 0.586 e. The molecule has 2 bridgehead atoms. The van der Waals surface area contributed by atoms with Gasteiger partial charge in [0.25, 0.3) is 11.8 Å². The molecule has 1 aliphatic heterocycles. The normalized spacial score (nSPS) is 24.4. The van der Waals surface area contributed by atoms with E-state index in [4.69, 9.17) is 25.5 Å². The molecule has 0 atom stereocenters. The molecule has 36 heavy (non-hydrogen) atoms. The van der Waals surface area contributed by atoms with Crippen molar-refractivity contribution in [2.45, 2.75) is 43.1 Å². The first-order valence-corrected chi connectivity index (χ1v) is 11.3. The van der Waals surface area contributed by atoms with E-state index in [1.165, 1.54) is 36.4 Å². The van der Waals surface area contributed by atoms with Crippen LogP contribution < -0.4 is 24.3 Å². The number of carbonyl (C=O) groups is 1. The summed E-state index contributed by atoms with van der Waals surface area (Å²) in [5.74, 6) is -0.0138. The minimum Gasteiger partial charge on any atom is -0.484 e. The number of nitrogens with one attached hydrogen (secondary N) is 1. The maximum atomic E-state index is 13.5. The minimum atomic E-state index is -3.72. The Kier molecular flexibility index (Phi) is 5.01. The van der Waals surface area contributed by atoms with Gasteiger partial charge in [0.1, 0.15) is 17.3 Å². The molecule has 0 spiro atoms. The van der Waals surface area contributed by atoms with Crippen molar-refractivity contribution in [3.05, 3.63) is 59.0 Å². The molecule has 0 unspecified atom stereocenters. The zero-order chi connectivity index (χ0) is 25.1. The van der Waals surface area contributed by atoms with E-state index in [1.807, 2.05) is 0 Å². The quantitative estimate of drug-likeness (QED) is 0.470. The molecule has 3 aromatic rings. The number of alkyl halides is 2. The van der Waals surface area contributed by atoms with E-state index in [9.17, 15) is 18.0 Å². The van der Waals surface area contributed by atoms with Gasteiger partial charge in [-0.25, -0.2) is 4.39 Å². The number of fused-ring (bicyclic) bond motifs is 1. The van der Waals surface area contributed by atoms with Crippen LogP contribution in [0.3, 0.4) is 0 Å². The number of benzene rings is 2. The first-order chi connectivity index (χ1) is 17.1. The van der Waals surface area contributed by atoms with Crippen LogP contribution in [-0.2, 0) is 16.8 Å². The molecular weight excluding hydrogens is 507 g/mol. The lowest BCUT2D eigenvalue weighted by Crippen LogP contribution is -2.77. The minimum absolute atomic E-state index is 0.00101. The van der Waals surface area contributed by atoms with E-state index in [2.05, 4.69) is 25.0 Å². The molecule has 2 aromatic carbocycles. The highest BCUT2D eigenvalue weighted by Crippen LogP contribution is 2.67. The van der Waals surface area contributed by atoms with Crippen LogP contribution in [0.5, 0.6) is 23.0 Å². The molecule has 4 aliphatic rings. The first-order valence-electron chi connectivity index (χ1n) is 10.9. The van der Waals surface area contributed by atoms with Crippen LogP contribution in [0.2, 0.25) is 5.02 Å². The second-order valence-corrected chi connectivity index (χ2v) is 9.48. The maximum Gasteiger partial charge on any atom is 0.586 e. The van der Waals surface area contributed by atoms with E-state index in [-0.39, 0.29) is 64.0 Å². The number of halogens is 4. The van der Waals surface area contributed by atoms with Gasteiger partial charge in [0.15, 0.2) is 24.7 Å². The molecule has 0 saturated heterocycles. The van der Waals surface area contributed by atoms with E-state index < -0.39 is 12.1 Å². The number of amides is 1. The van der Waals surface area contributed by atoms with E-state index in [0.717, 1.165) is 0 Å². The van der Waals surface area contributed by atoms with Crippen molar-refractivity contribution in [1.29, 1.82) is 0 Å². The Morgan fingerprint density at radius 3 is 2.53 bits per heavy atom. The van der Waals surface area contributed by atoms with Crippen LogP contribution >= 0.6 is 11.6 Å².